The number of rotatable bonds is 6. The number of amides is 1. The molecule has 6 aromatic rings. The van der Waals surface area contributed by atoms with E-state index in [-0.39, 0.29) is 5.91 Å². The maximum atomic E-state index is 12.7. The van der Waals surface area contributed by atoms with Crippen molar-refractivity contribution >= 4 is 33.7 Å². The third-order valence-corrected chi connectivity index (χ3v) is 7.54. The molecule has 0 aromatic carbocycles. The number of nitrogens with one attached hydrogen (secondary N) is 3. The minimum Gasteiger partial charge on any atom is -0.325 e. The predicted octanol–water partition coefficient (Wildman–Crippen LogP) is 5.36. The van der Waals surface area contributed by atoms with Gasteiger partial charge in [0.2, 0.25) is 5.91 Å². The number of carbonyl (C=O) groups excluding carboxylic acids is 1. The van der Waals surface area contributed by atoms with Crippen molar-refractivity contribution < 1.29 is 4.79 Å². The molecule has 7 rings (SSSR count). The average molecular weight is 533 g/mol. The molecule has 6 aromatic heterocycles. The smallest absolute Gasteiger partial charge is 0.224 e. The van der Waals surface area contributed by atoms with Crippen molar-refractivity contribution in [2.45, 2.75) is 45.4 Å². The van der Waals surface area contributed by atoms with Gasteiger partial charge in [0.1, 0.15) is 11.2 Å². The Hall–Kier alpha value is -4.93. The highest BCUT2D eigenvalue weighted by atomic mass is 16.1. The lowest BCUT2D eigenvalue weighted by Crippen LogP contribution is -2.18. The van der Waals surface area contributed by atoms with Gasteiger partial charge < -0.3 is 14.9 Å². The van der Waals surface area contributed by atoms with Crippen molar-refractivity contribution in [2.24, 2.45) is 5.92 Å². The molecule has 1 amide bonds. The number of aryl methyl sites for hydroxylation is 1. The number of hydrogen-bond acceptors (Lipinski definition) is 7. The van der Waals surface area contributed by atoms with Crippen LogP contribution in [0.2, 0.25) is 0 Å². The number of carbonyl (C=O) groups is 1. The molecule has 0 aliphatic heterocycles. The molecule has 6 heterocycles. The lowest BCUT2D eigenvalue weighted by atomic mass is 9.87. The summed E-state index contributed by atoms with van der Waals surface area (Å²) in [6.07, 6.45) is 17.2. The molecule has 11 heteroatoms. The van der Waals surface area contributed by atoms with E-state index in [4.69, 9.17) is 4.98 Å². The summed E-state index contributed by atoms with van der Waals surface area (Å²) in [5.41, 5.74) is 6.80. The Balaban J connectivity index is 1.19. The topological polar surface area (TPSA) is 143 Å². The summed E-state index contributed by atoms with van der Waals surface area (Å²) in [7, 11) is 0. The van der Waals surface area contributed by atoms with Crippen LogP contribution in [-0.2, 0) is 4.79 Å². The first-order valence-corrected chi connectivity index (χ1v) is 13.6. The van der Waals surface area contributed by atoms with E-state index in [0.717, 1.165) is 51.9 Å². The van der Waals surface area contributed by atoms with Crippen molar-refractivity contribution in [3.63, 3.8) is 0 Å². The quantitative estimate of drug-likeness (QED) is 0.262. The molecule has 0 spiro atoms. The first-order valence-electron chi connectivity index (χ1n) is 13.6. The predicted molar refractivity (Wildman–Crippen MR) is 152 cm³/mol. The molecule has 1 fully saturated rings. The number of anilines is 1. The van der Waals surface area contributed by atoms with Crippen LogP contribution in [0.4, 0.5) is 5.69 Å². The van der Waals surface area contributed by atoms with E-state index in [1.807, 2.05) is 35.9 Å². The van der Waals surface area contributed by atoms with Crippen molar-refractivity contribution in [3.8, 4) is 28.5 Å². The summed E-state index contributed by atoms with van der Waals surface area (Å²) in [5.74, 6) is 1.11. The first kappa shape index (κ1) is 24.1. The second kappa shape index (κ2) is 9.99. The number of imidazole rings is 2. The van der Waals surface area contributed by atoms with Gasteiger partial charge in [-0.25, -0.2) is 15.0 Å². The summed E-state index contributed by atoms with van der Waals surface area (Å²) < 4.78 is 1.93. The van der Waals surface area contributed by atoms with Crippen molar-refractivity contribution in [3.05, 3.63) is 61.2 Å². The molecule has 0 unspecified atom stereocenters. The summed E-state index contributed by atoms with van der Waals surface area (Å²) in [4.78, 5) is 38.6. The zero-order chi connectivity index (χ0) is 27.1. The fourth-order valence-corrected chi connectivity index (χ4v) is 5.54. The number of aromatic nitrogens is 9. The Morgan fingerprint density at radius 1 is 1.10 bits per heavy atom. The zero-order valence-electron chi connectivity index (χ0n) is 22.1. The Morgan fingerprint density at radius 3 is 2.85 bits per heavy atom. The molecule has 11 nitrogen and oxygen atoms in total. The highest BCUT2D eigenvalue weighted by Crippen LogP contribution is 2.31. The second-order valence-electron chi connectivity index (χ2n) is 10.4. The molecule has 0 bridgehead atoms. The maximum Gasteiger partial charge on any atom is 0.224 e. The third-order valence-electron chi connectivity index (χ3n) is 7.54. The first-order chi connectivity index (χ1) is 19.6. The number of pyridine rings is 3. The van der Waals surface area contributed by atoms with E-state index in [0.29, 0.717) is 35.2 Å². The summed E-state index contributed by atoms with van der Waals surface area (Å²) in [5, 5.41) is 11.5. The molecule has 1 saturated carbocycles. The van der Waals surface area contributed by atoms with Crippen molar-refractivity contribution in [2.75, 3.05) is 5.32 Å². The van der Waals surface area contributed by atoms with Gasteiger partial charge in [-0.05, 0) is 43.9 Å². The molecule has 0 saturated heterocycles. The Morgan fingerprint density at radius 2 is 2.00 bits per heavy atom. The van der Waals surface area contributed by atoms with Crippen LogP contribution in [0.25, 0.3) is 50.5 Å². The third kappa shape index (κ3) is 4.59. The van der Waals surface area contributed by atoms with E-state index in [2.05, 4.69) is 40.4 Å². The molecular formula is C29H28N10O. The van der Waals surface area contributed by atoms with Gasteiger partial charge in [-0.2, -0.15) is 5.10 Å². The summed E-state index contributed by atoms with van der Waals surface area (Å²) >= 11 is 0. The molecule has 40 heavy (non-hydrogen) atoms. The molecule has 0 atom stereocenters. The fourth-order valence-electron chi connectivity index (χ4n) is 5.54. The van der Waals surface area contributed by atoms with Gasteiger partial charge in [-0.3, -0.25) is 19.9 Å². The molecule has 0 radical (unpaired) electrons. The average Bonchev–Trinajstić information content (AvgIpc) is 3.71. The fraction of sp³-hybridized carbons (Fsp3) is 0.276. The van der Waals surface area contributed by atoms with E-state index in [1.165, 1.54) is 19.3 Å². The van der Waals surface area contributed by atoms with Crippen LogP contribution in [0.15, 0.2) is 55.5 Å². The van der Waals surface area contributed by atoms with Crippen LogP contribution in [0.5, 0.6) is 0 Å². The minimum absolute atomic E-state index is 0.0371. The van der Waals surface area contributed by atoms with Crippen LogP contribution in [0, 0.1) is 12.8 Å². The van der Waals surface area contributed by atoms with E-state index in [1.54, 1.807) is 31.1 Å². The number of aromatic amines is 2. The van der Waals surface area contributed by atoms with Gasteiger partial charge in [-0.1, -0.05) is 19.3 Å². The number of hydrogen-bond donors (Lipinski definition) is 3. The SMILES string of the molecule is Cc1cn(-c2ccnc3[nH]c(-c4n[nH]c5cnc(-c6cncc(NC(=O)CC7CCCCC7)c6)cc45)nc23)cn1. The number of fused-ring (bicyclic) bond motifs is 2. The maximum absolute atomic E-state index is 12.7. The monoisotopic (exact) mass is 532 g/mol. The summed E-state index contributed by atoms with van der Waals surface area (Å²) in [6.45, 7) is 1.95. The van der Waals surface area contributed by atoms with Gasteiger partial charge in [0.25, 0.3) is 0 Å². The van der Waals surface area contributed by atoms with Crippen LogP contribution < -0.4 is 5.32 Å². The van der Waals surface area contributed by atoms with Crippen LogP contribution in [-0.4, -0.2) is 50.6 Å². The number of H-pyrrole nitrogens is 2. The molecule has 1 aliphatic carbocycles. The summed E-state index contributed by atoms with van der Waals surface area (Å²) in [6, 6.07) is 5.77. The van der Waals surface area contributed by atoms with E-state index in [9.17, 15) is 4.79 Å². The molecule has 3 N–H and O–H groups in total. The van der Waals surface area contributed by atoms with Crippen molar-refractivity contribution in [1.82, 2.24) is 44.7 Å². The lowest BCUT2D eigenvalue weighted by Gasteiger charge is -2.20. The van der Waals surface area contributed by atoms with Gasteiger partial charge in [0.05, 0.1) is 47.0 Å². The number of nitrogens with zero attached hydrogens (tertiary/aromatic N) is 7. The highest BCUT2D eigenvalue weighted by molar-refractivity contribution is 5.95. The van der Waals surface area contributed by atoms with Crippen LogP contribution in [0.3, 0.4) is 0 Å². The Labute approximate surface area is 229 Å². The second-order valence-corrected chi connectivity index (χ2v) is 10.4. The minimum atomic E-state index is 0.0371. The largest absolute Gasteiger partial charge is 0.325 e. The Bertz CT molecular complexity index is 1840. The van der Waals surface area contributed by atoms with Gasteiger partial charge in [-0.15, -0.1) is 0 Å². The van der Waals surface area contributed by atoms with E-state index >= 15 is 0 Å². The molecular weight excluding hydrogens is 504 g/mol. The molecule has 1 aliphatic rings. The Kier molecular flexibility index (Phi) is 6.03. The van der Waals surface area contributed by atoms with E-state index < -0.39 is 0 Å². The zero-order valence-corrected chi connectivity index (χ0v) is 22.1. The standard InChI is InChI=1S/C29H28N10O/c1-17-15-39(16-33-17)24-7-8-31-28-27(24)35-29(36-28)26-21-11-22(32-14-23(21)37-38-26)19-10-20(13-30-12-19)34-25(40)9-18-5-3-2-4-6-18/h7-8,10-16,18H,2-6,9H2,1H3,(H,34,40)(H,37,38)(H,31,35,36). The van der Waals surface area contributed by atoms with Crippen molar-refractivity contribution in [1.29, 1.82) is 0 Å². The van der Waals surface area contributed by atoms with Gasteiger partial charge in [0.15, 0.2) is 11.5 Å². The van der Waals surface area contributed by atoms with Crippen LogP contribution in [0.1, 0.15) is 44.2 Å². The van der Waals surface area contributed by atoms with Gasteiger partial charge in [0, 0.05) is 36.0 Å². The highest BCUT2D eigenvalue weighted by Gasteiger charge is 2.19. The van der Waals surface area contributed by atoms with Gasteiger partial charge >= 0.3 is 0 Å². The van der Waals surface area contributed by atoms with Crippen LogP contribution >= 0.6 is 0 Å². The lowest BCUT2D eigenvalue weighted by molar-refractivity contribution is -0.117. The molecule has 200 valence electrons. The normalized spacial score (nSPS) is 14.2.